The van der Waals surface area contributed by atoms with Crippen LogP contribution in [-0.4, -0.2) is 33.8 Å². The number of anilines is 2. The van der Waals surface area contributed by atoms with E-state index in [1.54, 1.807) is 6.07 Å². The van der Waals surface area contributed by atoms with Gasteiger partial charge in [-0.3, -0.25) is 4.79 Å². The SMILES string of the molecule is O=C(Nc1ccc(N2CCCCC2)nc1)c1cnn(-c2cccc(C(F)(F)F)c2)c1C(F)(F)F. The zero-order chi connectivity index (χ0) is 24.5. The van der Waals surface area contributed by atoms with Gasteiger partial charge in [-0.25, -0.2) is 9.67 Å². The Morgan fingerprint density at radius 3 is 2.26 bits per heavy atom. The van der Waals surface area contributed by atoms with Gasteiger partial charge in [0.15, 0.2) is 5.69 Å². The quantitative estimate of drug-likeness (QED) is 0.495. The van der Waals surface area contributed by atoms with Crippen LogP contribution in [0.15, 0.2) is 48.8 Å². The van der Waals surface area contributed by atoms with Crippen LogP contribution in [0.4, 0.5) is 37.8 Å². The first-order chi connectivity index (χ1) is 16.0. The fraction of sp³-hybridized carbons (Fsp3) is 0.318. The zero-order valence-electron chi connectivity index (χ0n) is 17.6. The van der Waals surface area contributed by atoms with E-state index in [-0.39, 0.29) is 10.4 Å². The van der Waals surface area contributed by atoms with E-state index in [9.17, 15) is 31.1 Å². The summed E-state index contributed by atoms with van der Waals surface area (Å²) in [7, 11) is 0. The summed E-state index contributed by atoms with van der Waals surface area (Å²) in [5.41, 5.74) is -3.76. The van der Waals surface area contributed by atoms with E-state index < -0.39 is 40.8 Å². The Hall–Kier alpha value is -3.57. The molecule has 1 aliphatic rings. The summed E-state index contributed by atoms with van der Waals surface area (Å²) in [6, 6.07) is 6.47. The standard InChI is InChI=1S/C22H19F6N5O/c23-21(24,25)14-5-4-6-16(11-14)33-19(22(26,27)28)17(13-30-33)20(34)31-15-7-8-18(29-12-15)32-9-2-1-3-10-32/h4-8,11-13H,1-3,9-10H2,(H,31,34). The van der Waals surface area contributed by atoms with Crippen LogP contribution < -0.4 is 10.2 Å². The highest BCUT2D eigenvalue weighted by molar-refractivity contribution is 6.05. The second-order valence-electron chi connectivity index (χ2n) is 7.77. The van der Waals surface area contributed by atoms with E-state index in [2.05, 4.69) is 20.3 Å². The maximum Gasteiger partial charge on any atom is 0.434 e. The third-order valence-corrected chi connectivity index (χ3v) is 5.39. The van der Waals surface area contributed by atoms with Gasteiger partial charge in [-0.2, -0.15) is 31.4 Å². The highest BCUT2D eigenvalue weighted by Crippen LogP contribution is 2.36. The van der Waals surface area contributed by atoms with Crippen molar-refractivity contribution >= 4 is 17.4 Å². The molecular formula is C22H19F6N5O. The second-order valence-corrected chi connectivity index (χ2v) is 7.77. The van der Waals surface area contributed by atoms with Gasteiger partial charge in [-0.1, -0.05) is 6.07 Å². The number of halogens is 6. The van der Waals surface area contributed by atoms with E-state index in [4.69, 9.17) is 0 Å². The Labute approximate surface area is 190 Å². The van der Waals surface area contributed by atoms with Crippen LogP contribution in [0.3, 0.4) is 0 Å². The lowest BCUT2D eigenvalue weighted by atomic mass is 10.1. The van der Waals surface area contributed by atoms with Crippen molar-refractivity contribution in [3.05, 3.63) is 65.6 Å². The average Bonchev–Trinajstić information content (AvgIpc) is 3.26. The molecule has 1 N–H and O–H groups in total. The number of amides is 1. The molecule has 1 aromatic carbocycles. The third kappa shape index (κ3) is 5.00. The molecule has 0 radical (unpaired) electrons. The lowest BCUT2D eigenvalue weighted by Crippen LogP contribution is -2.30. The van der Waals surface area contributed by atoms with E-state index in [0.717, 1.165) is 50.6 Å². The molecule has 1 aliphatic heterocycles. The molecule has 1 amide bonds. The molecular weight excluding hydrogens is 464 g/mol. The molecule has 0 atom stereocenters. The summed E-state index contributed by atoms with van der Waals surface area (Å²) in [5.74, 6) is -0.413. The summed E-state index contributed by atoms with van der Waals surface area (Å²) in [6.45, 7) is 1.70. The van der Waals surface area contributed by atoms with Crippen molar-refractivity contribution in [2.75, 3.05) is 23.3 Å². The monoisotopic (exact) mass is 483 g/mol. The van der Waals surface area contributed by atoms with Gasteiger partial charge in [0, 0.05) is 13.1 Å². The summed E-state index contributed by atoms with van der Waals surface area (Å²) in [5, 5.41) is 5.91. The van der Waals surface area contributed by atoms with Crippen LogP contribution in [0.1, 0.15) is 40.9 Å². The molecule has 0 saturated carbocycles. The lowest BCUT2D eigenvalue weighted by Gasteiger charge is -2.27. The number of piperidine rings is 1. The van der Waals surface area contributed by atoms with Crippen molar-refractivity contribution in [1.82, 2.24) is 14.8 Å². The number of carbonyl (C=O) groups is 1. The average molecular weight is 483 g/mol. The summed E-state index contributed by atoms with van der Waals surface area (Å²) in [4.78, 5) is 19.0. The van der Waals surface area contributed by atoms with Crippen molar-refractivity contribution in [3.63, 3.8) is 0 Å². The number of rotatable bonds is 4. The minimum atomic E-state index is -5.06. The van der Waals surface area contributed by atoms with Gasteiger partial charge in [-0.15, -0.1) is 0 Å². The highest BCUT2D eigenvalue weighted by atomic mass is 19.4. The molecule has 1 fully saturated rings. The van der Waals surface area contributed by atoms with Gasteiger partial charge in [0.2, 0.25) is 0 Å². The van der Waals surface area contributed by atoms with Crippen molar-refractivity contribution in [1.29, 1.82) is 0 Å². The van der Waals surface area contributed by atoms with Gasteiger partial charge < -0.3 is 10.2 Å². The predicted molar refractivity (Wildman–Crippen MR) is 112 cm³/mol. The topological polar surface area (TPSA) is 63.1 Å². The smallest absolute Gasteiger partial charge is 0.357 e. The van der Waals surface area contributed by atoms with E-state index in [0.29, 0.717) is 18.1 Å². The Bertz CT molecular complexity index is 1160. The first-order valence-corrected chi connectivity index (χ1v) is 10.4. The number of nitrogens with one attached hydrogen (secondary N) is 1. The zero-order valence-corrected chi connectivity index (χ0v) is 17.6. The Morgan fingerprint density at radius 1 is 0.912 bits per heavy atom. The summed E-state index contributed by atoms with van der Waals surface area (Å²) in [6.07, 6.45) is -4.59. The van der Waals surface area contributed by atoms with Crippen molar-refractivity contribution < 1.29 is 31.1 Å². The number of alkyl halides is 6. The predicted octanol–water partition coefficient (Wildman–Crippen LogP) is 5.55. The minimum Gasteiger partial charge on any atom is -0.357 e. The normalized spacial score (nSPS) is 14.8. The number of aromatic nitrogens is 3. The van der Waals surface area contributed by atoms with Crippen LogP contribution in [0.25, 0.3) is 5.69 Å². The lowest BCUT2D eigenvalue weighted by molar-refractivity contribution is -0.143. The molecule has 3 heterocycles. The van der Waals surface area contributed by atoms with Crippen molar-refractivity contribution in [2.24, 2.45) is 0 Å². The number of hydrogen-bond acceptors (Lipinski definition) is 4. The molecule has 0 aliphatic carbocycles. The molecule has 2 aromatic heterocycles. The number of benzene rings is 1. The van der Waals surface area contributed by atoms with Gasteiger partial charge in [0.1, 0.15) is 5.82 Å². The largest absolute Gasteiger partial charge is 0.434 e. The molecule has 180 valence electrons. The fourth-order valence-corrected chi connectivity index (χ4v) is 3.77. The fourth-order valence-electron chi connectivity index (χ4n) is 3.77. The number of nitrogens with zero attached hydrogens (tertiary/aromatic N) is 4. The van der Waals surface area contributed by atoms with Crippen molar-refractivity contribution in [2.45, 2.75) is 31.6 Å². The summed E-state index contributed by atoms with van der Waals surface area (Å²) >= 11 is 0. The number of hydrogen-bond donors (Lipinski definition) is 1. The third-order valence-electron chi connectivity index (χ3n) is 5.39. The molecule has 34 heavy (non-hydrogen) atoms. The molecule has 1 saturated heterocycles. The Balaban J connectivity index is 1.61. The molecule has 12 heteroatoms. The minimum absolute atomic E-state index is 0.172. The van der Waals surface area contributed by atoms with Crippen LogP contribution in [0.5, 0.6) is 0 Å². The molecule has 0 unspecified atom stereocenters. The summed E-state index contributed by atoms with van der Waals surface area (Å²) < 4.78 is 80.8. The van der Waals surface area contributed by atoms with Gasteiger partial charge >= 0.3 is 12.4 Å². The Kier molecular flexibility index (Phi) is 6.24. The number of carbonyl (C=O) groups excluding carboxylic acids is 1. The maximum atomic E-state index is 13.8. The van der Waals surface area contributed by atoms with Crippen LogP contribution >= 0.6 is 0 Å². The first-order valence-electron chi connectivity index (χ1n) is 10.4. The molecule has 0 bridgehead atoms. The van der Waals surface area contributed by atoms with Gasteiger partial charge in [0.05, 0.1) is 34.9 Å². The molecule has 3 aromatic rings. The number of pyridine rings is 1. The molecule has 4 rings (SSSR count). The van der Waals surface area contributed by atoms with E-state index >= 15 is 0 Å². The van der Waals surface area contributed by atoms with Crippen LogP contribution in [0.2, 0.25) is 0 Å². The van der Waals surface area contributed by atoms with Crippen LogP contribution in [-0.2, 0) is 12.4 Å². The van der Waals surface area contributed by atoms with Gasteiger partial charge in [-0.05, 0) is 49.6 Å². The van der Waals surface area contributed by atoms with E-state index in [1.807, 2.05) is 0 Å². The van der Waals surface area contributed by atoms with E-state index in [1.165, 1.54) is 12.3 Å². The maximum absolute atomic E-state index is 13.8. The Morgan fingerprint density at radius 2 is 1.65 bits per heavy atom. The van der Waals surface area contributed by atoms with Crippen LogP contribution in [0, 0.1) is 0 Å². The second kappa shape index (κ2) is 8.99. The van der Waals surface area contributed by atoms with Gasteiger partial charge in [0.25, 0.3) is 5.91 Å². The highest BCUT2D eigenvalue weighted by Gasteiger charge is 2.41. The molecule has 0 spiro atoms. The van der Waals surface area contributed by atoms with Crippen molar-refractivity contribution in [3.8, 4) is 5.69 Å². The molecule has 6 nitrogen and oxygen atoms in total. The first kappa shape index (κ1) is 23.6.